The smallest absolute Gasteiger partial charge is 0.255 e. The summed E-state index contributed by atoms with van der Waals surface area (Å²) in [4.78, 5) is 59.5. The number of amides is 4. The predicted molar refractivity (Wildman–Crippen MR) is 223 cm³/mol. The summed E-state index contributed by atoms with van der Waals surface area (Å²) in [5, 5.41) is 5.18. The third-order valence-corrected chi connectivity index (χ3v) is 10.3. The van der Waals surface area contributed by atoms with Crippen LogP contribution in [0.3, 0.4) is 0 Å². The Hall–Kier alpha value is -7.29. The number of hydrogen-bond donors (Lipinski definition) is 2. The second kappa shape index (κ2) is 19.0. The molecule has 3 atom stereocenters. The lowest BCUT2D eigenvalue weighted by molar-refractivity contribution is -0.121. The van der Waals surface area contributed by atoms with Crippen LogP contribution in [-0.4, -0.2) is 62.5 Å². The summed E-state index contributed by atoms with van der Waals surface area (Å²) in [5.74, 6) is -8.25. The molecular weight excluding hydrogens is 812 g/mol. The van der Waals surface area contributed by atoms with E-state index in [-0.39, 0.29) is 42.6 Å². The fourth-order valence-corrected chi connectivity index (χ4v) is 7.23. The Bertz CT molecular complexity index is 2480. The van der Waals surface area contributed by atoms with Crippen molar-refractivity contribution in [3.8, 4) is 11.5 Å². The molecule has 0 heterocycles. The standard InChI is InChI=1S/C47H41F5N4O6/c1-5-17-55(35-8-12-37(61-3)13-9-35)45(59)42(21-28-19-31(48)25-32(49)20-28)53-43(57)29-7-16-41(52)39(24-29)44(58)54-47(27-40(47)30-22-33(50)26-34(51)23-30)46(60)56(18-6-2)36-10-14-38(62-4)15-11-36/h5-16,19-20,22-26,40,42H,1-2,17-18,21,27H2,3-4H3,(H,53,57)(H,54,58)/t40?,42-,47?/m0/s1. The molecule has 6 rings (SSSR count). The first-order valence-electron chi connectivity index (χ1n) is 19.2. The molecule has 15 heteroatoms. The summed E-state index contributed by atoms with van der Waals surface area (Å²) < 4.78 is 83.7. The van der Waals surface area contributed by atoms with Gasteiger partial charge >= 0.3 is 0 Å². The van der Waals surface area contributed by atoms with Crippen LogP contribution in [0.5, 0.6) is 11.5 Å². The third kappa shape index (κ3) is 9.84. The van der Waals surface area contributed by atoms with Crippen molar-refractivity contribution >= 4 is 35.0 Å². The maximum Gasteiger partial charge on any atom is 0.255 e. The van der Waals surface area contributed by atoms with Crippen molar-refractivity contribution in [1.82, 2.24) is 10.6 Å². The van der Waals surface area contributed by atoms with E-state index in [9.17, 15) is 36.7 Å². The van der Waals surface area contributed by atoms with Gasteiger partial charge in [0.05, 0.1) is 19.8 Å². The number of nitrogens with zero attached hydrogens (tertiary/aromatic N) is 2. The predicted octanol–water partition coefficient (Wildman–Crippen LogP) is 7.83. The van der Waals surface area contributed by atoms with Gasteiger partial charge in [-0.1, -0.05) is 12.2 Å². The minimum Gasteiger partial charge on any atom is -0.497 e. The lowest BCUT2D eigenvalue weighted by atomic mass is 10.0. The molecule has 62 heavy (non-hydrogen) atoms. The van der Waals surface area contributed by atoms with Gasteiger partial charge in [0.1, 0.15) is 52.2 Å². The number of methoxy groups -OCH3 is 2. The lowest BCUT2D eigenvalue weighted by Crippen LogP contribution is -2.52. The number of halogens is 5. The number of carbonyl (C=O) groups excluding carboxylic acids is 4. The molecule has 2 unspecified atom stereocenters. The Morgan fingerprint density at radius 3 is 1.76 bits per heavy atom. The number of carbonyl (C=O) groups is 4. The summed E-state index contributed by atoms with van der Waals surface area (Å²) in [5.41, 5.74) is -1.99. The molecule has 5 aromatic rings. The molecule has 0 aliphatic heterocycles. The van der Waals surface area contributed by atoms with Crippen molar-refractivity contribution in [3.63, 3.8) is 0 Å². The molecule has 10 nitrogen and oxygen atoms in total. The van der Waals surface area contributed by atoms with Gasteiger partial charge in [0.15, 0.2) is 0 Å². The average molecular weight is 853 g/mol. The highest BCUT2D eigenvalue weighted by Gasteiger charge is 2.63. The van der Waals surface area contributed by atoms with Gasteiger partial charge < -0.3 is 29.9 Å². The molecule has 0 spiro atoms. The van der Waals surface area contributed by atoms with Crippen molar-refractivity contribution < 1.29 is 50.6 Å². The molecule has 5 aromatic carbocycles. The van der Waals surface area contributed by atoms with Crippen molar-refractivity contribution in [2.24, 2.45) is 0 Å². The number of nitrogens with one attached hydrogen (secondary N) is 2. The molecule has 4 amide bonds. The molecule has 1 fully saturated rings. The summed E-state index contributed by atoms with van der Waals surface area (Å²) in [6.07, 6.45) is 2.36. The number of anilines is 2. The van der Waals surface area contributed by atoms with Gasteiger partial charge in [0.25, 0.3) is 17.7 Å². The fourth-order valence-electron chi connectivity index (χ4n) is 7.23. The van der Waals surface area contributed by atoms with Crippen LogP contribution in [0.15, 0.2) is 128 Å². The van der Waals surface area contributed by atoms with Crippen molar-refractivity contribution in [2.45, 2.75) is 30.3 Å². The van der Waals surface area contributed by atoms with E-state index < -0.39 is 75.8 Å². The number of benzene rings is 5. The van der Waals surface area contributed by atoms with Crippen LogP contribution in [0, 0.1) is 29.1 Å². The van der Waals surface area contributed by atoms with Gasteiger partial charge in [-0.05, 0) is 109 Å². The van der Waals surface area contributed by atoms with E-state index in [1.165, 1.54) is 36.2 Å². The highest BCUT2D eigenvalue weighted by Crippen LogP contribution is 2.53. The Kier molecular flexibility index (Phi) is 13.5. The van der Waals surface area contributed by atoms with Gasteiger partial charge in [-0.3, -0.25) is 19.2 Å². The van der Waals surface area contributed by atoms with E-state index in [0.717, 1.165) is 42.5 Å². The van der Waals surface area contributed by atoms with E-state index in [1.54, 1.807) is 48.5 Å². The summed E-state index contributed by atoms with van der Waals surface area (Å²) >= 11 is 0. The van der Waals surface area contributed by atoms with Crippen LogP contribution in [-0.2, 0) is 16.0 Å². The van der Waals surface area contributed by atoms with Gasteiger partial charge in [-0.15, -0.1) is 13.2 Å². The third-order valence-electron chi connectivity index (χ3n) is 10.3. The number of rotatable bonds is 17. The zero-order valence-electron chi connectivity index (χ0n) is 33.6. The quantitative estimate of drug-likeness (QED) is 0.0728. The Labute approximate surface area is 354 Å². The summed E-state index contributed by atoms with van der Waals surface area (Å²) in [6, 6.07) is 19.5. The normalized spacial score (nSPS) is 15.7. The minimum atomic E-state index is -1.85. The highest BCUT2D eigenvalue weighted by atomic mass is 19.1. The maximum absolute atomic E-state index is 15.6. The fraction of sp³-hybridized carbons (Fsp3) is 0.191. The summed E-state index contributed by atoms with van der Waals surface area (Å²) in [6.45, 7) is 7.36. The second-order valence-electron chi connectivity index (χ2n) is 14.4. The van der Waals surface area contributed by atoms with Crippen LogP contribution in [0.2, 0.25) is 0 Å². The average Bonchev–Trinajstić information content (AvgIpc) is 3.98. The van der Waals surface area contributed by atoms with Crippen LogP contribution in [0.1, 0.15) is 44.2 Å². The van der Waals surface area contributed by atoms with Gasteiger partial charge in [-0.25, -0.2) is 22.0 Å². The highest BCUT2D eigenvalue weighted by molar-refractivity contribution is 6.09. The van der Waals surface area contributed by atoms with Crippen molar-refractivity contribution in [2.75, 3.05) is 37.1 Å². The van der Waals surface area contributed by atoms with Gasteiger partial charge in [-0.2, -0.15) is 0 Å². The molecule has 0 radical (unpaired) electrons. The van der Waals surface area contributed by atoms with Crippen LogP contribution < -0.4 is 29.9 Å². The number of ether oxygens (including phenoxy) is 2. The molecular formula is C47H41F5N4O6. The SMILES string of the molecule is C=CCN(C(=O)[C@H](Cc1cc(F)cc(F)c1)NC(=O)c1ccc(F)c(C(=O)NC2(C(=O)N(CC=C)c3ccc(OC)cc3)CC2c2cc(F)cc(F)c2)c1)c1ccc(OC)cc1. The monoisotopic (exact) mass is 852 g/mol. The molecule has 1 aliphatic rings. The largest absolute Gasteiger partial charge is 0.497 e. The second-order valence-corrected chi connectivity index (χ2v) is 14.4. The van der Waals surface area contributed by atoms with E-state index in [0.29, 0.717) is 35.0 Å². The Morgan fingerprint density at radius 1 is 0.710 bits per heavy atom. The topological polar surface area (TPSA) is 117 Å². The molecule has 2 N–H and O–H groups in total. The van der Waals surface area contributed by atoms with Crippen LogP contribution >= 0.6 is 0 Å². The minimum absolute atomic E-state index is 0.0286. The summed E-state index contributed by atoms with van der Waals surface area (Å²) in [7, 11) is 2.93. The van der Waals surface area contributed by atoms with Gasteiger partial charge in [0, 0.05) is 54.5 Å². The van der Waals surface area contributed by atoms with Crippen LogP contribution in [0.4, 0.5) is 33.3 Å². The number of hydrogen-bond acceptors (Lipinski definition) is 6. The molecule has 0 aromatic heterocycles. The molecule has 1 aliphatic carbocycles. The lowest BCUT2D eigenvalue weighted by Gasteiger charge is -2.28. The first-order valence-corrected chi connectivity index (χ1v) is 19.2. The first kappa shape index (κ1) is 44.3. The maximum atomic E-state index is 15.6. The van der Waals surface area contributed by atoms with E-state index >= 15 is 4.39 Å². The molecule has 0 saturated heterocycles. The molecule has 0 bridgehead atoms. The zero-order chi connectivity index (χ0) is 44.7. The van der Waals surface area contributed by atoms with E-state index in [2.05, 4.69) is 23.8 Å². The van der Waals surface area contributed by atoms with E-state index in [1.807, 2.05) is 0 Å². The first-order chi connectivity index (χ1) is 29.7. The van der Waals surface area contributed by atoms with Crippen molar-refractivity contribution in [3.05, 3.63) is 180 Å². The van der Waals surface area contributed by atoms with Crippen LogP contribution in [0.25, 0.3) is 0 Å². The molecule has 320 valence electrons. The van der Waals surface area contributed by atoms with Crippen molar-refractivity contribution in [1.29, 1.82) is 0 Å². The van der Waals surface area contributed by atoms with E-state index in [4.69, 9.17) is 9.47 Å². The Balaban J connectivity index is 1.33. The Morgan fingerprint density at radius 2 is 1.23 bits per heavy atom. The van der Waals surface area contributed by atoms with Gasteiger partial charge in [0.2, 0.25) is 5.91 Å². The molecule has 1 saturated carbocycles. The zero-order valence-corrected chi connectivity index (χ0v) is 33.6.